The third kappa shape index (κ3) is 3.47. The molecule has 0 radical (unpaired) electrons. The van der Waals surface area contributed by atoms with Gasteiger partial charge >= 0.3 is 5.97 Å². The van der Waals surface area contributed by atoms with Gasteiger partial charge in [0.05, 0.1) is 5.02 Å². The van der Waals surface area contributed by atoms with Crippen molar-refractivity contribution in [2.45, 2.75) is 19.5 Å². The molecule has 3 nitrogen and oxygen atoms in total. The van der Waals surface area contributed by atoms with Crippen LogP contribution in [-0.4, -0.2) is 29.1 Å². The maximum absolute atomic E-state index is 10.8. The Morgan fingerprint density at radius 2 is 2.25 bits per heavy atom. The SMILES string of the molecule is CC(C(=O)O)N(C)Cc1ccc(Br)c(Cl)c1. The summed E-state index contributed by atoms with van der Waals surface area (Å²) < 4.78 is 0.840. The second-order valence-corrected chi connectivity index (χ2v) is 4.94. The Balaban J connectivity index is 2.73. The van der Waals surface area contributed by atoms with Crippen LogP contribution in [0.2, 0.25) is 5.02 Å². The Kier molecular flexibility index (Phi) is 4.77. The zero-order valence-electron chi connectivity index (χ0n) is 9.08. The van der Waals surface area contributed by atoms with E-state index >= 15 is 0 Å². The molecule has 16 heavy (non-hydrogen) atoms. The summed E-state index contributed by atoms with van der Waals surface area (Å²) in [7, 11) is 1.77. The van der Waals surface area contributed by atoms with Crippen LogP contribution in [0.15, 0.2) is 22.7 Å². The maximum Gasteiger partial charge on any atom is 0.320 e. The van der Waals surface area contributed by atoms with E-state index < -0.39 is 12.0 Å². The predicted molar refractivity (Wildman–Crippen MR) is 67.7 cm³/mol. The number of hydrogen-bond donors (Lipinski definition) is 1. The molecule has 88 valence electrons. The van der Waals surface area contributed by atoms with Gasteiger partial charge in [0.2, 0.25) is 0 Å². The molecule has 0 aliphatic heterocycles. The molecule has 0 heterocycles. The summed E-state index contributed by atoms with van der Waals surface area (Å²) in [6.45, 7) is 2.21. The summed E-state index contributed by atoms with van der Waals surface area (Å²) in [4.78, 5) is 12.5. The van der Waals surface area contributed by atoms with Crippen LogP contribution in [0.5, 0.6) is 0 Å². The number of likely N-dealkylation sites (N-methyl/N-ethyl adjacent to an activating group) is 1. The number of aliphatic carboxylic acids is 1. The van der Waals surface area contributed by atoms with Gasteiger partial charge in [0.1, 0.15) is 6.04 Å². The first kappa shape index (κ1) is 13.5. The number of carboxylic acids is 1. The van der Waals surface area contributed by atoms with Crippen LogP contribution in [0, 0.1) is 0 Å². The largest absolute Gasteiger partial charge is 0.480 e. The third-order valence-electron chi connectivity index (χ3n) is 2.43. The summed E-state index contributed by atoms with van der Waals surface area (Å²) in [5.74, 6) is -0.828. The van der Waals surface area contributed by atoms with Crippen LogP contribution < -0.4 is 0 Å². The highest BCUT2D eigenvalue weighted by Crippen LogP contribution is 2.23. The fraction of sp³-hybridized carbons (Fsp3) is 0.364. The number of rotatable bonds is 4. The van der Waals surface area contributed by atoms with Gasteiger partial charge in [0.25, 0.3) is 0 Å². The minimum atomic E-state index is -0.828. The first-order valence-electron chi connectivity index (χ1n) is 4.78. The molecule has 0 amide bonds. The smallest absolute Gasteiger partial charge is 0.320 e. The van der Waals surface area contributed by atoms with Crippen LogP contribution in [0.25, 0.3) is 0 Å². The molecule has 1 aromatic rings. The highest BCUT2D eigenvalue weighted by atomic mass is 79.9. The van der Waals surface area contributed by atoms with Crippen LogP contribution in [0.4, 0.5) is 0 Å². The second-order valence-electron chi connectivity index (χ2n) is 3.68. The Morgan fingerprint density at radius 3 is 2.75 bits per heavy atom. The van der Waals surface area contributed by atoms with Crippen LogP contribution >= 0.6 is 27.5 Å². The molecule has 1 rings (SSSR count). The molecule has 0 bridgehead atoms. The molecule has 5 heteroatoms. The summed E-state index contributed by atoms with van der Waals surface area (Å²) in [5, 5.41) is 9.49. The first-order chi connectivity index (χ1) is 7.41. The lowest BCUT2D eigenvalue weighted by Gasteiger charge is -2.21. The topological polar surface area (TPSA) is 40.5 Å². The summed E-state index contributed by atoms with van der Waals surface area (Å²) in [6.07, 6.45) is 0. The highest BCUT2D eigenvalue weighted by Gasteiger charge is 2.16. The van der Waals surface area contributed by atoms with E-state index in [4.69, 9.17) is 16.7 Å². The van der Waals surface area contributed by atoms with Crippen molar-refractivity contribution in [1.29, 1.82) is 0 Å². The van der Waals surface area contributed by atoms with Crippen LogP contribution in [-0.2, 0) is 11.3 Å². The van der Waals surface area contributed by atoms with Crippen molar-refractivity contribution in [3.05, 3.63) is 33.3 Å². The van der Waals surface area contributed by atoms with E-state index in [-0.39, 0.29) is 0 Å². The molecule has 0 saturated heterocycles. The number of halogens is 2. The normalized spacial score (nSPS) is 12.8. The Hall–Kier alpha value is -0.580. The Morgan fingerprint density at radius 1 is 1.62 bits per heavy atom. The first-order valence-corrected chi connectivity index (χ1v) is 5.96. The van der Waals surface area contributed by atoms with Gasteiger partial charge in [-0.3, -0.25) is 9.69 Å². The van der Waals surface area contributed by atoms with Gasteiger partial charge in [-0.25, -0.2) is 0 Å². The van der Waals surface area contributed by atoms with Crippen molar-refractivity contribution in [3.63, 3.8) is 0 Å². The van der Waals surface area contributed by atoms with Gasteiger partial charge in [-0.05, 0) is 47.6 Å². The van der Waals surface area contributed by atoms with Crippen molar-refractivity contribution in [3.8, 4) is 0 Å². The second kappa shape index (κ2) is 5.66. The minimum Gasteiger partial charge on any atom is -0.480 e. The van der Waals surface area contributed by atoms with E-state index in [9.17, 15) is 4.79 Å². The fourth-order valence-electron chi connectivity index (χ4n) is 1.25. The molecule has 0 aliphatic rings. The number of carboxylic acid groups (broad SMARTS) is 1. The van der Waals surface area contributed by atoms with Crippen LogP contribution in [0.3, 0.4) is 0 Å². The van der Waals surface area contributed by atoms with E-state index in [1.165, 1.54) is 0 Å². The quantitative estimate of drug-likeness (QED) is 0.929. The average molecular weight is 307 g/mol. The van der Waals surface area contributed by atoms with Crippen molar-refractivity contribution < 1.29 is 9.90 Å². The van der Waals surface area contributed by atoms with Crippen molar-refractivity contribution >= 4 is 33.5 Å². The molecule has 1 unspecified atom stereocenters. The Bertz CT molecular complexity index is 398. The fourth-order valence-corrected chi connectivity index (χ4v) is 1.70. The lowest BCUT2D eigenvalue weighted by molar-refractivity contribution is -0.142. The van der Waals surface area contributed by atoms with E-state index in [1.54, 1.807) is 18.9 Å². The van der Waals surface area contributed by atoms with E-state index in [2.05, 4.69) is 15.9 Å². The third-order valence-corrected chi connectivity index (χ3v) is 3.67. The predicted octanol–water partition coefficient (Wildman–Crippen LogP) is 3.01. The lowest BCUT2D eigenvalue weighted by atomic mass is 10.2. The number of carbonyl (C=O) groups is 1. The molecular formula is C11H13BrClNO2. The summed E-state index contributed by atoms with van der Waals surface area (Å²) in [5.41, 5.74) is 0.990. The van der Waals surface area contributed by atoms with Gasteiger partial charge < -0.3 is 5.11 Å². The average Bonchev–Trinajstić information content (AvgIpc) is 2.22. The highest BCUT2D eigenvalue weighted by molar-refractivity contribution is 9.10. The summed E-state index contributed by atoms with van der Waals surface area (Å²) >= 11 is 9.27. The molecule has 0 spiro atoms. The van der Waals surface area contributed by atoms with Gasteiger partial charge in [-0.2, -0.15) is 0 Å². The van der Waals surface area contributed by atoms with E-state index in [1.807, 2.05) is 18.2 Å². The monoisotopic (exact) mass is 305 g/mol. The number of hydrogen-bond acceptors (Lipinski definition) is 2. The van der Waals surface area contributed by atoms with Gasteiger partial charge in [-0.15, -0.1) is 0 Å². The van der Waals surface area contributed by atoms with Crippen molar-refractivity contribution in [2.24, 2.45) is 0 Å². The number of benzene rings is 1. The zero-order chi connectivity index (χ0) is 12.3. The van der Waals surface area contributed by atoms with Crippen molar-refractivity contribution in [2.75, 3.05) is 7.05 Å². The summed E-state index contributed by atoms with van der Waals surface area (Å²) in [6, 6.07) is 5.09. The molecule has 0 aromatic heterocycles. The molecule has 0 aliphatic carbocycles. The molecule has 1 aromatic carbocycles. The maximum atomic E-state index is 10.8. The molecular weight excluding hydrogens is 293 g/mol. The van der Waals surface area contributed by atoms with Gasteiger partial charge in [0.15, 0.2) is 0 Å². The van der Waals surface area contributed by atoms with Gasteiger partial charge in [0, 0.05) is 11.0 Å². The Labute approximate surface area is 108 Å². The van der Waals surface area contributed by atoms with Crippen molar-refractivity contribution in [1.82, 2.24) is 4.90 Å². The molecule has 1 N–H and O–H groups in total. The molecule has 1 atom stereocenters. The molecule has 0 saturated carbocycles. The lowest BCUT2D eigenvalue weighted by Crippen LogP contribution is -2.35. The molecule has 0 fully saturated rings. The standard InChI is InChI=1S/C11H13BrClNO2/c1-7(11(15)16)14(2)6-8-3-4-9(12)10(13)5-8/h3-5,7H,6H2,1-2H3,(H,15,16). The minimum absolute atomic E-state index is 0.512. The number of nitrogens with zero attached hydrogens (tertiary/aromatic N) is 1. The van der Waals surface area contributed by atoms with E-state index in [0.717, 1.165) is 10.0 Å². The van der Waals surface area contributed by atoms with Crippen LogP contribution in [0.1, 0.15) is 12.5 Å². The van der Waals surface area contributed by atoms with E-state index in [0.29, 0.717) is 11.6 Å². The zero-order valence-corrected chi connectivity index (χ0v) is 11.4. The van der Waals surface area contributed by atoms with Gasteiger partial charge in [-0.1, -0.05) is 17.7 Å².